The molecule has 0 radical (unpaired) electrons. The summed E-state index contributed by atoms with van der Waals surface area (Å²) >= 11 is 0. The van der Waals surface area contributed by atoms with Crippen LogP contribution in [0.1, 0.15) is 5.76 Å². The molecular formula is C17H13FN2O3S. The molecule has 24 heavy (non-hydrogen) atoms. The second-order valence-corrected chi connectivity index (χ2v) is 6.54. The van der Waals surface area contributed by atoms with Gasteiger partial charge in [-0.1, -0.05) is 18.2 Å². The number of hydrazone groups is 1. The minimum Gasteiger partial charge on any atom is -0.455 e. The number of nitrogens with one attached hydrogen (secondary N) is 1. The molecule has 7 heteroatoms. The molecule has 122 valence electrons. The Morgan fingerprint density at radius 1 is 0.958 bits per heavy atom. The molecule has 5 nitrogen and oxygen atoms in total. The summed E-state index contributed by atoms with van der Waals surface area (Å²) < 4.78 is 42.4. The highest BCUT2D eigenvalue weighted by molar-refractivity contribution is 7.89. The summed E-state index contributed by atoms with van der Waals surface area (Å²) in [7, 11) is -3.71. The fourth-order valence-corrected chi connectivity index (χ4v) is 2.82. The van der Waals surface area contributed by atoms with Gasteiger partial charge >= 0.3 is 0 Å². The fourth-order valence-electron chi connectivity index (χ4n) is 2.00. The molecule has 0 spiro atoms. The van der Waals surface area contributed by atoms with Crippen LogP contribution >= 0.6 is 0 Å². The van der Waals surface area contributed by atoms with Gasteiger partial charge in [-0.05, 0) is 48.5 Å². The molecule has 0 fully saturated rings. The van der Waals surface area contributed by atoms with E-state index in [1.54, 1.807) is 42.5 Å². The highest BCUT2D eigenvalue weighted by atomic mass is 32.2. The summed E-state index contributed by atoms with van der Waals surface area (Å²) in [5.74, 6) is 0.565. The second-order valence-electron chi connectivity index (χ2n) is 4.87. The van der Waals surface area contributed by atoms with E-state index in [1.165, 1.54) is 30.5 Å². The van der Waals surface area contributed by atoms with E-state index in [9.17, 15) is 12.8 Å². The van der Waals surface area contributed by atoms with E-state index in [1.807, 2.05) is 0 Å². The van der Waals surface area contributed by atoms with Crippen LogP contribution in [0.3, 0.4) is 0 Å². The lowest BCUT2D eigenvalue weighted by Crippen LogP contribution is -2.18. The number of nitrogens with zero attached hydrogens (tertiary/aromatic N) is 1. The average Bonchev–Trinajstić information content (AvgIpc) is 3.05. The molecule has 0 unspecified atom stereocenters. The Bertz CT molecular complexity index is 949. The van der Waals surface area contributed by atoms with Gasteiger partial charge in [0.05, 0.1) is 11.1 Å². The van der Waals surface area contributed by atoms with Crippen LogP contribution in [0.5, 0.6) is 0 Å². The van der Waals surface area contributed by atoms with Gasteiger partial charge < -0.3 is 4.42 Å². The first-order valence-corrected chi connectivity index (χ1v) is 8.49. The van der Waals surface area contributed by atoms with E-state index in [4.69, 9.17) is 4.42 Å². The van der Waals surface area contributed by atoms with Gasteiger partial charge in [-0.25, -0.2) is 4.39 Å². The predicted octanol–water partition coefficient (Wildman–Crippen LogP) is 3.40. The average molecular weight is 344 g/mol. The first kappa shape index (κ1) is 15.9. The quantitative estimate of drug-likeness (QED) is 0.569. The molecule has 1 N–H and O–H groups in total. The largest absolute Gasteiger partial charge is 0.455 e. The van der Waals surface area contributed by atoms with Gasteiger partial charge in [0.2, 0.25) is 0 Å². The van der Waals surface area contributed by atoms with Crippen LogP contribution in [0.15, 0.2) is 81.1 Å². The number of hydrogen-bond donors (Lipinski definition) is 1. The third-order valence-corrected chi connectivity index (χ3v) is 4.41. The number of hydrogen-bond acceptors (Lipinski definition) is 4. The number of furan rings is 1. The normalized spacial score (nSPS) is 11.7. The summed E-state index contributed by atoms with van der Waals surface area (Å²) in [4.78, 5) is 2.23. The highest BCUT2D eigenvalue weighted by Gasteiger charge is 2.11. The molecule has 2 aromatic carbocycles. The maximum Gasteiger partial charge on any atom is 0.276 e. The standard InChI is InChI=1S/C17H13FN2O3S/c18-14-8-6-13(7-9-14)17-11-10-15(23-17)12-19-20-24(21,22)16-4-2-1-3-5-16/h1-12,20H/b19-12-. The lowest BCUT2D eigenvalue weighted by atomic mass is 10.2. The summed E-state index contributed by atoms with van der Waals surface area (Å²) in [5.41, 5.74) is 0.709. The Hall–Kier alpha value is -2.93. The lowest BCUT2D eigenvalue weighted by molar-refractivity contribution is 0.573. The van der Waals surface area contributed by atoms with Gasteiger partial charge in [-0.3, -0.25) is 0 Å². The molecule has 1 heterocycles. The van der Waals surface area contributed by atoms with Crippen LogP contribution in [0.25, 0.3) is 11.3 Å². The van der Waals surface area contributed by atoms with Gasteiger partial charge in [0.25, 0.3) is 10.0 Å². The van der Waals surface area contributed by atoms with Crippen molar-refractivity contribution in [1.82, 2.24) is 4.83 Å². The van der Waals surface area contributed by atoms with Crippen molar-refractivity contribution in [3.8, 4) is 11.3 Å². The van der Waals surface area contributed by atoms with Gasteiger partial charge in [-0.15, -0.1) is 0 Å². The maximum atomic E-state index is 12.9. The Morgan fingerprint density at radius 3 is 2.38 bits per heavy atom. The van der Waals surface area contributed by atoms with E-state index >= 15 is 0 Å². The minimum atomic E-state index is -3.71. The van der Waals surface area contributed by atoms with Crippen LogP contribution in [-0.4, -0.2) is 14.6 Å². The highest BCUT2D eigenvalue weighted by Crippen LogP contribution is 2.21. The molecule has 1 aromatic heterocycles. The number of rotatable bonds is 5. The number of sulfonamides is 1. The molecule has 0 bridgehead atoms. The zero-order valence-corrected chi connectivity index (χ0v) is 13.2. The summed E-state index contributed by atoms with van der Waals surface area (Å²) in [6.07, 6.45) is 1.26. The van der Waals surface area contributed by atoms with Crippen molar-refractivity contribution >= 4 is 16.2 Å². The van der Waals surface area contributed by atoms with Crippen molar-refractivity contribution in [2.24, 2.45) is 5.10 Å². The van der Waals surface area contributed by atoms with Gasteiger partial charge in [0, 0.05) is 5.56 Å². The third-order valence-electron chi connectivity index (χ3n) is 3.17. The minimum absolute atomic E-state index is 0.119. The lowest BCUT2D eigenvalue weighted by Gasteiger charge is -2.01. The molecule has 0 aliphatic heterocycles. The Morgan fingerprint density at radius 2 is 1.67 bits per heavy atom. The van der Waals surface area contributed by atoms with Gasteiger partial charge in [0.15, 0.2) is 0 Å². The molecule has 0 amide bonds. The SMILES string of the molecule is O=S(=O)(N/N=C\c1ccc(-c2ccc(F)cc2)o1)c1ccccc1. The van der Waals surface area contributed by atoms with Crippen LogP contribution in [-0.2, 0) is 10.0 Å². The smallest absolute Gasteiger partial charge is 0.276 e. The molecule has 0 aliphatic carbocycles. The number of benzene rings is 2. The fraction of sp³-hybridized carbons (Fsp3) is 0. The Labute approximate surface area is 138 Å². The maximum absolute atomic E-state index is 12.9. The predicted molar refractivity (Wildman–Crippen MR) is 88.5 cm³/mol. The van der Waals surface area contributed by atoms with E-state index < -0.39 is 10.0 Å². The molecule has 3 aromatic rings. The first-order valence-electron chi connectivity index (χ1n) is 7.00. The summed E-state index contributed by atoms with van der Waals surface area (Å²) in [6, 6.07) is 17.1. The molecule has 0 atom stereocenters. The monoisotopic (exact) mass is 344 g/mol. The Balaban J connectivity index is 1.71. The van der Waals surface area contributed by atoms with E-state index in [0.29, 0.717) is 17.1 Å². The zero-order valence-electron chi connectivity index (χ0n) is 12.4. The van der Waals surface area contributed by atoms with E-state index in [0.717, 1.165) is 0 Å². The van der Waals surface area contributed by atoms with Crippen molar-refractivity contribution in [2.75, 3.05) is 0 Å². The molecule has 0 saturated heterocycles. The molecule has 0 saturated carbocycles. The van der Waals surface area contributed by atoms with Crippen molar-refractivity contribution in [3.63, 3.8) is 0 Å². The molecule has 3 rings (SSSR count). The summed E-state index contributed by atoms with van der Waals surface area (Å²) in [5, 5.41) is 3.69. The van der Waals surface area contributed by atoms with Crippen molar-refractivity contribution in [1.29, 1.82) is 0 Å². The van der Waals surface area contributed by atoms with Crippen LogP contribution < -0.4 is 4.83 Å². The van der Waals surface area contributed by atoms with Crippen molar-refractivity contribution in [2.45, 2.75) is 4.90 Å². The molecule has 0 aliphatic rings. The summed E-state index contributed by atoms with van der Waals surface area (Å²) in [6.45, 7) is 0. The number of halogens is 1. The van der Waals surface area contributed by atoms with Crippen LogP contribution in [0.2, 0.25) is 0 Å². The van der Waals surface area contributed by atoms with Gasteiger partial charge in [0.1, 0.15) is 17.3 Å². The van der Waals surface area contributed by atoms with Crippen LogP contribution in [0.4, 0.5) is 4.39 Å². The third kappa shape index (κ3) is 3.69. The zero-order chi connectivity index (χ0) is 17.0. The Kier molecular flexibility index (Phi) is 4.43. The van der Waals surface area contributed by atoms with E-state index in [2.05, 4.69) is 9.93 Å². The molecular weight excluding hydrogens is 331 g/mol. The topological polar surface area (TPSA) is 71.7 Å². The van der Waals surface area contributed by atoms with Crippen molar-refractivity contribution in [3.05, 3.63) is 78.3 Å². The van der Waals surface area contributed by atoms with Crippen LogP contribution in [0, 0.1) is 5.82 Å². The van der Waals surface area contributed by atoms with E-state index in [-0.39, 0.29) is 10.7 Å². The second kappa shape index (κ2) is 6.67. The van der Waals surface area contributed by atoms with Gasteiger partial charge in [-0.2, -0.15) is 18.4 Å². The van der Waals surface area contributed by atoms with Crippen molar-refractivity contribution < 1.29 is 17.2 Å². The first-order chi connectivity index (χ1) is 11.5.